The van der Waals surface area contributed by atoms with Gasteiger partial charge in [0.15, 0.2) is 0 Å². The average molecular weight is 232 g/mol. The van der Waals surface area contributed by atoms with Crippen LogP contribution in [-0.2, 0) is 0 Å². The quantitative estimate of drug-likeness (QED) is 0.374. The van der Waals surface area contributed by atoms with Crippen LogP contribution in [-0.4, -0.2) is 7.25 Å². The van der Waals surface area contributed by atoms with Crippen molar-refractivity contribution in [2.45, 2.75) is 6.92 Å². The van der Waals surface area contributed by atoms with Crippen molar-refractivity contribution in [3.8, 4) is 0 Å². The monoisotopic (exact) mass is 232 g/mol. The number of fused-ring (bicyclic) bond motifs is 1. The van der Waals surface area contributed by atoms with E-state index in [0.29, 0.717) is 0 Å². The lowest BCUT2D eigenvalue weighted by Crippen LogP contribution is -2.02. The molecular formula is C10H9BF4O. The van der Waals surface area contributed by atoms with Gasteiger partial charge in [-0.25, -0.2) is 4.42 Å². The second-order valence-electron chi connectivity index (χ2n) is 3.08. The minimum Gasteiger partial charge on any atom is -0.418 e. The first-order valence-corrected chi connectivity index (χ1v) is 4.52. The Kier molecular flexibility index (Phi) is 3.87. The molecule has 0 spiro atoms. The summed E-state index contributed by atoms with van der Waals surface area (Å²) in [5, 5.41) is 1.15. The highest BCUT2D eigenvalue weighted by Gasteiger charge is 2.20. The predicted octanol–water partition coefficient (Wildman–Crippen LogP) is 4.32. The highest BCUT2D eigenvalue weighted by molar-refractivity contribution is 6.50. The van der Waals surface area contributed by atoms with Crippen LogP contribution in [0.15, 0.2) is 40.8 Å². The zero-order valence-corrected chi connectivity index (χ0v) is 8.46. The van der Waals surface area contributed by atoms with Crippen molar-refractivity contribution in [3.63, 3.8) is 0 Å². The van der Waals surface area contributed by atoms with E-state index in [0.717, 1.165) is 16.7 Å². The number of rotatable bonds is 0. The van der Waals surface area contributed by atoms with Crippen molar-refractivity contribution >= 4 is 18.2 Å². The number of aryl methyl sites for hydroxylation is 1. The van der Waals surface area contributed by atoms with Gasteiger partial charge in [-0.3, -0.25) is 0 Å². The number of para-hydroxylation sites is 1. The smallest absolute Gasteiger partial charge is 0.418 e. The van der Waals surface area contributed by atoms with Crippen LogP contribution in [0.5, 0.6) is 0 Å². The van der Waals surface area contributed by atoms with E-state index in [1.54, 1.807) is 0 Å². The second kappa shape index (κ2) is 4.96. The largest absolute Gasteiger partial charge is 0.673 e. The van der Waals surface area contributed by atoms with E-state index in [1.807, 2.05) is 37.3 Å². The summed E-state index contributed by atoms with van der Waals surface area (Å²) in [7, 11) is -6.00. The second-order valence-corrected chi connectivity index (χ2v) is 3.08. The van der Waals surface area contributed by atoms with Crippen molar-refractivity contribution in [3.05, 3.63) is 42.2 Å². The number of hydrogen-bond acceptors (Lipinski definition) is 0. The zero-order valence-electron chi connectivity index (χ0n) is 8.46. The Balaban J connectivity index is 0.000000221. The van der Waals surface area contributed by atoms with E-state index < -0.39 is 7.25 Å². The number of hydrogen-bond donors (Lipinski definition) is 0. The Morgan fingerprint density at radius 1 is 0.938 bits per heavy atom. The van der Waals surface area contributed by atoms with E-state index >= 15 is 0 Å². The third-order valence-electron chi connectivity index (χ3n) is 1.69. The molecule has 0 atom stereocenters. The summed E-state index contributed by atoms with van der Waals surface area (Å²) in [6.45, 7) is 1.95. The van der Waals surface area contributed by atoms with Gasteiger partial charge in [0.25, 0.3) is 0 Å². The van der Waals surface area contributed by atoms with Crippen LogP contribution in [0.2, 0.25) is 0 Å². The topological polar surface area (TPSA) is 11.3 Å². The summed E-state index contributed by atoms with van der Waals surface area (Å²) in [5.41, 5.74) is 0.951. The molecule has 0 aliphatic rings. The van der Waals surface area contributed by atoms with E-state index in [-0.39, 0.29) is 0 Å². The van der Waals surface area contributed by atoms with Crippen LogP contribution in [0.1, 0.15) is 5.76 Å². The lowest BCUT2D eigenvalue weighted by atomic mass is 10.2. The molecule has 2 rings (SSSR count). The summed E-state index contributed by atoms with van der Waals surface area (Å²) in [5.74, 6) is 0.948. The molecule has 1 heterocycles. The molecule has 0 N–H and O–H groups in total. The van der Waals surface area contributed by atoms with E-state index in [4.69, 9.17) is 4.42 Å². The van der Waals surface area contributed by atoms with Gasteiger partial charge in [0, 0.05) is 12.1 Å². The lowest BCUT2D eigenvalue weighted by Gasteiger charge is -1.94. The molecule has 1 aromatic heterocycles. The SMILES string of the molecule is Cc1ccc2ccccc2[o+]1.F[B-](F)(F)F. The van der Waals surface area contributed by atoms with Gasteiger partial charge in [0.1, 0.15) is 0 Å². The molecule has 2 aromatic rings. The van der Waals surface area contributed by atoms with Crippen LogP contribution in [0, 0.1) is 6.92 Å². The van der Waals surface area contributed by atoms with Crippen LogP contribution in [0.4, 0.5) is 17.3 Å². The zero-order chi connectivity index (χ0) is 12.2. The first-order chi connectivity index (χ1) is 7.36. The normalized spacial score (nSPS) is 10.8. The molecule has 0 radical (unpaired) electrons. The Morgan fingerprint density at radius 2 is 1.50 bits per heavy atom. The maximum Gasteiger partial charge on any atom is 0.673 e. The van der Waals surface area contributed by atoms with Crippen molar-refractivity contribution in [2.75, 3.05) is 0 Å². The van der Waals surface area contributed by atoms with Gasteiger partial charge in [-0.2, -0.15) is 0 Å². The third kappa shape index (κ3) is 4.77. The van der Waals surface area contributed by atoms with Crippen LogP contribution < -0.4 is 0 Å². The van der Waals surface area contributed by atoms with Gasteiger partial charge in [-0.1, -0.05) is 12.1 Å². The van der Waals surface area contributed by atoms with Gasteiger partial charge in [-0.15, -0.1) is 0 Å². The van der Waals surface area contributed by atoms with Crippen LogP contribution >= 0.6 is 0 Å². The fourth-order valence-corrected chi connectivity index (χ4v) is 1.13. The molecular weight excluding hydrogens is 223 g/mol. The molecule has 6 heteroatoms. The maximum atomic E-state index is 9.75. The summed E-state index contributed by atoms with van der Waals surface area (Å²) in [6.07, 6.45) is 0. The minimum atomic E-state index is -6.00. The maximum absolute atomic E-state index is 9.75. The molecule has 1 aromatic carbocycles. The molecule has 0 fully saturated rings. The fraction of sp³-hybridized carbons (Fsp3) is 0.100. The fourth-order valence-electron chi connectivity index (χ4n) is 1.13. The van der Waals surface area contributed by atoms with E-state index in [9.17, 15) is 17.3 Å². The standard InChI is InChI=1S/C10H9O.BF4/c1-8-6-7-9-4-2-3-5-10(9)11-8;2-1(3,4)5/h2-7H,1H3;/q+1;-1. The van der Waals surface area contributed by atoms with Gasteiger partial charge < -0.3 is 17.3 Å². The van der Waals surface area contributed by atoms with Crippen molar-refractivity contribution in [1.82, 2.24) is 0 Å². The first-order valence-electron chi connectivity index (χ1n) is 4.52. The number of benzene rings is 1. The summed E-state index contributed by atoms with van der Waals surface area (Å²) >= 11 is 0. The Bertz CT molecular complexity index is 464. The molecule has 0 bridgehead atoms. The molecule has 0 aliphatic heterocycles. The highest BCUT2D eigenvalue weighted by Crippen LogP contribution is 2.14. The van der Waals surface area contributed by atoms with E-state index in [1.165, 1.54) is 0 Å². The predicted molar refractivity (Wildman–Crippen MR) is 55.5 cm³/mol. The van der Waals surface area contributed by atoms with Crippen molar-refractivity contribution in [1.29, 1.82) is 0 Å². The molecule has 0 saturated carbocycles. The Morgan fingerprint density at radius 3 is 2.12 bits per heavy atom. The summed E-state index contributed by atoms with van der Waals surface area (Å²) in [4.78, 5) is 0. The van der Waals surface area contributed by atoms with Crippen LogP contribution in [0.25, 0.3) is 11.0 Å². The van der Waals surface area contributed by atoms with Crippen LogP contribution in [0.3, 0.4) is 0 Å². The summed E-state index contributed by atoms with van der Waals surface area (Å²) < 4.78 is 44.5. The van der Waals surface area contributed by atoms with Gasteiger partial charge in [0.2, 0.25) is 0 Å². The van der Waals surface area contributed by atoms with Crippen molar-refractivity contribution < 1.29 is 21.7 Å². The lowest BCUT2D eigenvalue weighted by molar-refractivity contribution is 0.368. The molecule has 86 valence electrons. The Hall–Kier alpha value is -1.59. The Labute approximate surface area is 89.8 Å². The number of halogens is 4. The van der Waals surface area contributed by atoms with E-state index in [2.05, 4.69) is 6.07 Å². The first kappa shape index (κ1) is 12.5. The van der Waals surface area contributed by atoms with Gasteiger partial charge >= 0.3 is 18.6 Å². The molecule has 1 nitrogen and oxygen atoms in total. The molecule has 0 amide bonds. The minimum absolute atomic E-state index is 0.948. The molecule has 0 aliphatic carbocycles. The molecule has 16 heavy (non-hydrogen) atoms. The summed E-state index contributed by atoms with van der Waals surface area (Å²) in [6, 6.07) is 12.0. The molecule has 0 saturated heterocycles. The van der Waals surface area contributed by atoms with Gasteiger partial charge in [-0.05, 0) is 12.1 Å². The highest BCUT2D eigenvalue weighted by atomic mass is 19.5. The third-order valence-corrected chi connectivity index (χ3v) is 1.69. The average Bonchev–Trinajstić information content (AvgIpc) is 2.15. The van der Waals surface area contributed by atoms with Crippen molar-refractivity contribution in [2.24, 2.45) is 0 Å². The molecule has 0 unspecified atom stereocenters. The van der Waals surface area contributed by atoms with Gasteiger partial charge in [0.05, 0.1) is 12.3 Å².